The molecule has 2 N–H and O–H groups in total. The molecule has 2 rings (SSSR count). The average molecular weight is 225 g/mol. The fraction of sp³-hybridized carbons (Fsp3) is 0.727. The molecule has 1 saturated heterocycles. The maximum atomic E-state index is 4.21. The molecule has 0 saturated carbocycles. The Bertz CT molecular complexity index is 296. The third-order valence-electron chi connectivity index (χ3n) is 3.07. The number of aromatic amines is 1. The van der Waals surface area contributed by atoms with Crippen LogP contribution in [0.5, 0.6) is 0 Å². The molecular weight excluding hydrogens is 206 g/mol. The van der Waals surface area contributed by atoms with Crippen LogP contribution >= 0.6 is 11.8 Å². The molecule has 1 aliphatic heterocycles. The summed E-state index contributed by atoms with van der Waals surface area (Å²) in [6, 6.07) is 0.708. The molecule has 1 fully saturated rings. The highest BCUT2D eigenvalue weighted by atomic mass is 32.2. The minimum atomic E-state index is 0.708. The fourth-order valence-corrected chi connectivity index (χ4v) is 3.09. The smallest absolute Gasteiger partial charge is 0.0638 e. The van der Waals surface area contributed by atoms with Gasteiger partial charge in [-0.15, -0.1) is 0 Å². The van der Waals surface area contributed by atoms with E-state index >= 15 is 0 Å². The van der Waals surface area contributed by atoms with Crippen molar-refractivity contribution in [1.82, 2.24) is 15.5 Å². The number of aryl methyl sites for hydroxylation is 2. The predicted octanol–water partition coefficient (Wildman–Crippen LogP) is 2.01. The molecule has 0 amide bonds. The van der Waals surface area contributed by atoms with Crippen LogP contribution in [-0.4, -0.2) is 27.7 Å². The topological polar surface area (TPSA) is 40.7 Å². The van der Waals surface area contributed by atoms with E-state index in [1.165, 1.54) is 35.6 Å². The predicted molar refractivity (Wildman–Crippen MR) is 65.2 cm³/mol. The van der Waals surface area contributed by atoms with E-state index < -0.39 is 0 Å². The van der Waals surface area contributed by atoms with Crippen LogP contribution in [-0.2, 0) is 6.54 Å². The molecule has 2 heterocycles. The second-order valence-electron chi connectivity index (χ2n) is 4.18. The van der Waals surface area contributed by atoms with Crippen molar-refractivity contribution in [2.75, 3.05) is 11.5 Å². The van der Waals surface area contributed by atoms with Gasteiger partial charge in [0.1, 0.15) is 0 Å². The van der Waals surface area contributed by atoms with Crippen LogP contribution in [0.4, 0.5) is 0 Å². The lowest BCUT2D eigenvalue weighted by Gasteiger charge is -2.22. The third-order valence-corrected chi connectivity index (χ3v) is 4.12. The summed E-state index contributed by atoms with van der Waals surface area (Å²) in [5.41, 5.74) is 3.67. The first-order valence-electron chi connectivity index (χ1n) is 5.59. The average Bonchev–Trinajstić information content (AvgIpc) is 2.58. The highest BCUT2D eigenvalue weighted by molar-refractivity contribution is 7.99. The van der Waals surface area contributed by atoms with Gasteiger partial charge in [-0.3, -0.25) is 5.10 Å². The van der Waals surface area contributed by atoms with Crippen LogP contribution in [0, 0.1) is 13.8 Å². The summed E-state index contributed by atoms with van der Waals surface area (Å²) in [4.78, 5) is 0. The van der Waals surface area contributed by atoms with E-state index in [1.54, 1.807) is 0 Å². The van der Waals surface area contributed by atoms with Gasteiger partial charge < -0.3 is 5.32 Å². The monoisotopic (exact) mass is 225 g/mol. The first-order valence-corrected chi connectivity index (χ1v) is 6.74. The van der Waals surface area contributed by atoms with Gasteiger partial charge in [0.25, 0.3) is 0 Å². The van der Waals surface area contributed by atoms with Gasteiger partial charge in [0.2, 0.25) is 0 Å². The standard InChI is InChI=1S/C11H19N3S/c1-8-11(9(2)14-13-8)7-12-10-3-5-15-6-4-10/h10,12H,3-7H2,1-2H3,(H,13,14). The molecule has 0 atom stereocenters. The summed E-state index contributed by atoms with van der Waals surface area (Å²) in [5.74, 6) is 2.61. The third kappa shape index (κ3) is 2.75. The lowest BCUT2D eigenvalue weighted by atomic mass is 10.1. The zero-order chi connectivity index (χ0) is 10.7. The van der Waals surface area contributed by atoms with Crippen molar-refractivity contribution in [2.45, 2.75) is 39.3 Å². The molecule has 0 aromatic carbocycles. The number of nitrogens with zero attached hydrogens (tertiary/aromatic N) is 1. The van der Waals surface area contributed by atoms with E-state index in [4.69, 9.17) is 0 Å². The molecular formula is C11H19N3S. The molecule has 0 aliphatic carbocycles. The van der Waals surface area contributed by atoms with E-state index in [0.29, 0.717) is 6.04 Å². The molecule has 15 heavy (non-hydrogen) atoms. The molecule has 1 aromatic rings. The summed E-state index contributed by atoms with van der Waals surface area (Å²) in [5, 5.41) is 10.9. The molecule has 1 aromatic heterocycles. The van der Waals surface area contributed by atoms with Crippen molar-refractivity contribution < 1.29 is 0 Å². The van der Waals surface area contributed by atoms with Crippen LogP contribution in [0.3, 0.4) is 0 Å². The van der Waals surface area contributed by atoms with Gasteiger partial charge in [0, 0.05) is 23.8 Å². The second-order valence-corrected chi connectivity index (χ2v) is 5.40. The van der Waals surface area contributed by atoms with Gasteiger partial charge >= 0.3 is 0 Å². The Hall–Kier alpha value is -0.480. The lowest BCUT2D eigenvalue weighted by Crippen LogP contribution is -2.32. The van der Waals surface area contributed by atoms with E-state index in [1.807, 2.05) is 0 Å². The Morgan fingerprint density at radius 3 is 2.73 bits per heavy atom. The van der Waals surface area contributed by atoms with Crippen LogP contribution in [0.25, 0.3) is 0 Å². The SMILES string of the molecule is Cc1n[nH]c(C)c1CNC1CCSCC1. The Morgan fingerprint density at radius 2 is 2.13 bits per heavy atom. The largest absolute Gasteiger partial charge is 0.310 e. The Morgan fingerprint density at radius 1 is 1.40 bits per heavy atom. The number of nitrogens with one attached hydrogen (secondary N) is 2. The van der Waals surface area contributed by atoms with Crippen molar-refractivity contribution in [3.05, 3.63) is 17.0 Å². The summed E-state index contributed by atoms with van der Waals surface area (Å²) in [6.45, 7) is 5.12. The molecule has 0 unspecified atom stereocenters. The normalized spacial score (nSPS) is 18.3. The van der Waals surface area contributed by atoms with Crippen LogP contribution in [0.2, 0.25) is 0 Å². The van der Waals surface area contributed by atoms with Crippen molar-refractivity contribution in [1.29, 1.82) is 0 Å². The molecule has 3 nitrogen and oxygen atoms in total. The summed E-state index contributed by atoms with van der Waals surface area (Å²) >= 11 is 2.07. The second kappa shape index (κ2) is 5.03. The zero-order valence-electron chi connectivity index (χ0n) is 9.47. The van der Waals surface area contributed by atoms with Gasteiger partial charge in [-0.25, -0.2) is 0 Å². The lowest BCUT2D eigenvalue weighted by molar-refractivity contribution is 0.481. The number of rotatable bonds is 3. The minimum absolute atomic E-state index is 0.708. The number of aromatic nitrogens is 2. The Balaban J connectivity index is 1.87. The first-order chi connectivity index (χ1) is 7.27. The molecule has 4 heteroatoms. The number of hydrogen-bond donors (Lipinski definition) is 2. The van der Waals surface area contributed by atoms with Crippen LogP contribution < -0.4 is 5.32 Å². The number of thioether (sulfide) groups is 1. The van der Waals surface area contributed by atoms with Gasteiger partial charge in [-0.1, -0.05) is 0 Å². The van der Waals surface area contributed by atoms with Gasteiger partial charge in [0.05, 0.1) is 5.69 Å². The molecule has 0 bridgehead atoms. The zero-order valence-corrected chi connectivity index (χ0v) is 10.3. The first kappa shape index (κ1) is 11.0. The summed E-state index contributed by atoms with van der Waals surface area (Å²) < 4.78 is 0. The van der Waals surface area contributed by atoms with E-state index in [0.717, 1.165) is 12.2 Å². The number of hydrogen-bond acceptors (Lipinski definition) is 3. The quantitative estimate of drug-likeness (QED) is 0.827. The van der Waals surface area contributed by atoms with Crippen LogP contribution in [0.1, 0.15) is 29.8 Å². The van der Waals surface area contributed by atoms with E-state index in [9.17, 15) is 0 Å². The van der Waals surface area contributed by atoms with Crippen molar-refractivity contribution >= 4 is 11.8 Å². The van der Waals surface area contributed by atoms with E-state index in [2.05, 4.69) is 41.1 Å². The van der Waals surface area contributed by atoms with Gasteiger partial charge in [-0.05, 0) is 38.2 Å². The fourth-order valence-electron chi connectivity index (χ4n) is 1.98. The maximum Gasteiger partial charge on any atom is 0.0638 e. The van der Waals surface area contributed by atoms with Gasteiger partial charge in [-0.2, -0.15) is 16.9 Å². The van der Waals surface area contributed by atoms with Crippen molar-refractivity contribution in [3.63, 3.8) is 0 Å². The van der Waals surface area contributed by atoms with Crippen molar-refractivity contribution in [3.8, 4) is 0 Å². The van der Waals surface area contributed by atoms with Crippen molar-refractivity contribution in [2.24, 2.45) is 0 Å². The highest BCUT2D eigenvalue weighted by Crippen LogP contribution is 2.18. The minimum Gasteiger partial charge on any atom is -0.310 e. The Labute approximate surface area is 95.4 Å². The molecule has 0 spiro atoms. The molecule has 1 aliphatic rings. The van der Waals surface area contributed by atoms with Crippen LogP contribution in [0.15, 0.2) is 0 Å². The summed E-state index contributed by atoms with van der Waals surface area (Å²) in [6.07, 6.45) is 2.61. The molecule has 0 radical (unpaired) electrons. The van der Waals surface area contributed by atoms with Gasteiger partial charge in [0.15, 0.2) is 0 Å². The summed E-state index contributed by atoms with van der Waals surface area (Å²) in [7, 11) is 0. The molecule has 84 valence electrons. The highest BCUT2D eigenvalue weighted by Gasteiger charge is 2.14. The number of H-pyrrole nitrogens is 1. The maximum absolute atomic E-state index is 4.21. The van der Waals surface area contributed by atoms with E-state index in [-0.39, 0.29) is 0 Å². The Kier molecular flexibility index (Phi) is 3.70.